The highest BCUT2D eigenvalue weighted by molar-refractivity contribution is 8.15. The molecule has 0 unspecified atom stereocenters. The number of rotatable bonds is 7. The first-order valence-electron chi connectivity index (χ1n) is 11.6. The Kier molecular flexibility index (Phi) is 7.18. The lowest BCUT2D eigenvalue weighted by atomic mass is 10.1. The van der Waals surface area contributed by atoms with Crippen LogP contribution in [-0.4, -0.2) is 40.5 Å². The average molecular weight is 506 g/mol. The monoisotopic (exact) mass is 505 g/mol. The van der Waals surface area contributed by atoms with Crippen molar-refractivity contribution in [3.8, 4) is 11.5 Å². The zero-order valence-corrected chi connectivity index (χ0v) is 20.2. The molecule has 0 bridgehead atoms. The van der Waals surface area contributed by atoms with Crippen LogP contribution in [0.3, 0.4) is 0 Å². The van der Waals surface area contributed by atoms with Crippen molar-refractivity contribution in [3.63, 3.8) is 0 Å². The second-order valence-electron chi connectivity index (χ2n) is 8.38. The third-order valence-electron chi connectivity index (χ3n) is 5.82. The number of hydrogen-bond donors (Lipinski definition) is 1. The second-order valence-corrected chi connectivity index (χ2v) is 9.55. The van der Waals surface area contributed by atoms with Crippen LogP contribution in [0.2, 0.25) is 0 Å². The summed E-state index contributed by atoms with van der Waals surface area (Å²) in [6.07, 6.45) is 0.750. The maximum absolute atomic E-state index is 13.4. The minimum absolute atomic E-state index is 0.0504. The molecular formula is C27H24FN3O4S. The topological polar surface area (TPSA) is 80.2 Å². The van der Waals surface area contributed by atoms with E-state index in [9.17, 15) is 14.0 Å². The maximum Gasteiger partial charge on any atom is 0.234 e. The molecule has 0 aromatic heterocycles. The molecule has 9 heteroatoms. The molecule has 7 nitrogen and oxygen atoms in total. The van der Waals surface area contributed by atoms with E-state index in [2.05, 4.69) is 10.3 Å². The number of benzene rings is 3. The molecule has 2 heterocycles. The Morgan fingerprint density at radius 2 is 1.81 bits per heavy atom. The molecule has 0 aliphatic carbocycles. The first-order chi connectivity index (χ1) is 17.5. The van der Waals surface area contributed by atoms with Gasteiger partial charge in [-0.3, -0.25) is 14.5 Å². The van der Waals surface area contributed by atoms with Gasteiger partial charge in [0.1, 0.15) is 5.82 Å². The van der Waals surface area contributed by atoms with Crippen molar-refractivity contribution in [3.05, 3.63) is 89.7 Å². The molecule has 0 radical (unpaired) electrons. The molecule has 3 aromatic carbocycles. The molecule has 2 aliphatic rings. The van der Waals surface area contributed by atoms with Crippen molar-refractivity contribution in [2.45, 2.75) is 24.6 Å². The van der Waals surface area contributed by atoms with E-state index in [-0.39, 0.29) is 37.4 Å². The van der Waals surface area contributed by atoms with E-state index < -0.39 is 5.25 Å². The molecule has 1 N–H and O–H groups in total. The highest BCUT2D eigenvalue weighted by atomic mass is 32.2. The summed E-state index contributed by atoms with van der Waals surface area (Å²) in [6, 6.07) is 21.1. The number of hydrogen-bond acceptors (Lipinski definition) is 6. The number of carbonyl (C=O) groups is 2. The standard InChI is InChI=1S/C27H24FN3O4S/c28-20-7-9-21(10-8-20)30-27-31(16-19-6-11-22-23(14-19)35-17-34-22)25(32)15-24(36-27)26(33)29-13-12-18-4-2-1-3-5-18/h1-11,14,24H,12-13,15-17H2,(H,29,33)/t24-/m0/s1. The number of thioether (sulfide) groups is 1. The second kappa shape index (κ2) is 10.8. The van der Waals surface area contributed by atoms with Gasteiger partial charge in [-0.25, -0.2) is 9.38 Å². The Morgan fingerprint density at radius 1 is 1.03 bits per heavy atom. The van der Waals surface area contributed by atoms with E-state index in [0.29, 0.717) is 35.3 Å². The summed E-state index contributed by atoms with van der Waals surface area (Å²) in [4.78, 5) is 32.3. The molecule has 2 amide bonds. The van der Waals surface area contributed by atoms with Crippen LogP contribution in [0.5, 0.6) is 11.5 Å². The fourth-order valence-corrected chi connectivity index (χ4v) is 5.06. The van der Waals surface area contributed by atoms with Gasteiger partial charge in [-0.05, 0) is 53.9 Å². The first kappa shape index (κ1) is 23.9. The van der Waals surface area contributed by atoms with Gasteiger partial charge in [-0.2, -0.15) is 0 Å². The number of aliphatic imine (C=N–C) groups is 1. The Balaban J connectivity index is 1.32. The fourth-order valence-electron chi connectivity index (χ4n) is 3.93. The molecule has 184 valence electrons. The lowest BCUT2D eigenvalue weighted by Crippen LogP contribution is -2.46. The van der Waals surface area contributed by atoms with Gasteiger partial charge in [-0.15, -0.1) is 0 Å². The molecule has 1 fully saturated rings. The van der Waals surface area contributed by atoms with Gasteiger partial charge in [0.25, 0.3) is 0 Å². The SMILES string of the molecule is O=C(NCCc1ccccc1)[C@@H]1CC(=O)N(Cc2ccc3c(c2)OCO3)C(=Nc2ccc(F)cc2)S1. The third kappa shape index (κ3) is 5.68. The van der Waals surface area contributed by atoms with Crippen molar-refractivity contribution >= 4 is 34.4 Å². The van der Waals surface area contributed by atoms with Gasteiger partial charge < -0.3 is 14.8 Å². The lowest BCUT2D eigenvalue weighted by Gasteiger charge is -2.32. The summed E-state index contributed by atoms with van der Waals surface area (Å²) >= 11 is 1.23. The van der Waals surface area contributed by atoms with Gasteiger partial charge in [0.2, 0.25) is 18.6 Å². The summed E-state index contributed by atoms with van der Waals surface area (Å²) in [5.41, 5.74) is 2.46. The van der Waals surface area contributed by atoms with Crippen LogP contribution < -0.4 is 14.8 Å². The minimum atomic E-state index is -0.611. The smallest absolute Gasteiger partial charge is 0.234 e. The number of halogens is 1. The average Bonchev–Trinajstić information content (AvgIpc) is 3.36. The maximum atomic E-state index is 13.4. The molecule has 2 aliphatic heterocycles. The predicted octanol–water partition coefficient (Wildman–Crippen LogP) is 4.44. The van der Waals surface area contributed by atoms with Gasteiger partial charge >= 0.3 is 0 Å². The number of ether oxygens (including phenoxy) is 2. The van der Waals surface area contributed by atoms with Crippen LogP contribution in [0.25, 0.3) is 0 Å². The summed E-state index contributed by atoms with van der Waals surface area (Å²) in [6.45, 7) is 0.889. The number of nitrogens with one attached hydrogen (secondary N) is 1. The van der Waals surface area contributed by atoms with Crippen LogP contribution in [0.4, 0.5) is 10.1 Å². The van der Waals surface area contributed by atoms with E-state index in [1.807, 2.05) is 42.5 Å². The number of amides is 2. The lowest BCUT2D eigenvalue weighted by molar-refractivity contribution is -0.130. The zero-order valence-electron chi connectivity index (χ0n) is 19.4. The van der Waals surface area contributed by atoms with Crippen molar-refractivity contribution < 1.29 is 23.5 Å². The molecule has 3 aromatic rings. The first-order valence-corrected chi connectivity index (χ1v) is 12.4. The van der Waals surface area contributed by atoms with Gasteiger partial charge in [0.05, 0.1) is 17.5 Å². The normalized spacial score (nSPS) is 17.9. The van der Waals surface area contributed by atoms with Crippen LogP contribution in [-0.2, 0) is 22.6 Å². The van der Waals surface area contributed by atoms with Crippen LogP contribution in [0.1, 0.15) is 17.5 Å². The number of carbonyl (C=O) groups excluding carboxylic acids is 2. The number of amidine groups is 1. The molecular weight excluding hydrogens is 481 g/mol. The molecule has 1 saturated heterocycles. The third-order valence-corrected chi connectivity index (χ3v) is 7.00. The minimum Gasteiger partial charge on any atom is -0.454 e. The van der Waals surface area contributed by atoms with Crippen molar-refractivity contribution in [2.75, 3.05) is 13.3 Å². The summed E-state index contributed by atoms with van der Waals surface area (Å²) in [7, 11) is 0. The highest BCUT2D eigenvalue weighted by Gasteiger charge is 2.36. The Morgan fingerprint density at radius 3 is 2.61 bits per heavy atom. The van der Waals surface area contributed by atoms with Crippen molar-refractivity contribution in [1.82, 2.24) is 10.2 Å². The predicted molar refractivity (Wildman–Crippen MR) is 136 cm³/mol. The quantitative estimate of drug-likeness (QED) is 0.514. The Hall–Kier alpha value is -3.85. The van der Waals surface area contributed by atoms with Crippen molar-refractivity contribution in [2.24, 2.45) is 4.99 Å². The Labute approximate surface area is 212 Å². The van der Waals surface area contributed by atoms with Crippen LogP contribution in [0.15, 0.2) is 77.8 Å². The zero-order chi connectivity index (χ0) is 24.9. The summed E-state index contributed by atoms with van der Waals surface area (Å²) < 4.78 is 24.2. The van der Waals surface area contributed by atoms with E-state index in [1.165, 1.54) is 36.0 Å². The molecule has 0 saturated carbocycles. The number of fused-ring (bicyclic) bond motifs is 1. The summed E-state index contributed by atoms with van der Waals surface area (Å²) in [5.74, 6) is 0.483. The largest absolute Gasteiger partial charge is 0.454 e. The summed E-state index contributed by atoms with van der Waals surface area (Å²) in [5, 5.41) is 2.72. The number of nitrogens with zero attached hydrogens (tertiary/aromatic N) is 2. The van der Waals surface area contributed by atoms with E-state index in [0.717, 1.165) is 11.1 Å². The van der Waals surface area contributed by atoms with Gasteiger partial charge in [0.15, 0.2) is 16.7 Å². The van der Waals surface area contributed by atoms with E-state index in [1.54, 1.807) is 11.0 Å². The van der Waals surface area contributed by atoms with E-state index >= 15 is 0 Å². The molecule has 0 spiro atoms. The van der Waals surface area contributed by atoms with E-state index in [4.69, 9.17) is 9.47 Å². The molecule has 36 heavy (non-hydrogen) atoms. The molecule has 5 rings (SSSR count). The Bertz CT molecular complexity index is 1280. The van der Waals surface area contributed by atoms with Crippen molar-refractivity contribution in [1.29, 1.82) is 0 Å². The highest BCUT2D eigenvalue weighted by Crippen LogP contribution is 2.35. The van der Waals surface area contributed by atoms with Gasteiger partial charge in [0, 0.05) is 13.0 Å². The molecule has 1 atom stereocenters. The fraction of sp³-hybridized carbons (Fsp3) is 0.222. The van der Waals surface area contributed by atoms with Crippen LogP contribution in [0, 0.1) is 5.82 Å². The van der Waals surface area contributed by atoms with Crippen LogP contribution >= 0.6 is 11.8 Å². The van der Waals surface area contributed by atoms with Gasteiger partial charge in [-0.1, -0.05) is 48.2 Å².